The number of rotatable bonds is 3. The van der Waals surface area contributed by atoms with Crippen LogP contribution in [0.5, 0.6) is 0 Å². The minimum atomic E-state index is -0.914. The molecule has 1 aliphatic heterocycles. The standard InChI is InChI=1S/C18H14N2O2S/c21-18(22)11-5-7-12(8-6-11)19-17-13-3-1-2-4-15(13)20-16-10-23-9-14(16)17/h1-8H,9-10H2,(H,19,20)(H,21,22). The molecule has 4 nitrogen and oxygen atoms in total. The number of thioether (sulfide) groups is 1. The molecule has 3 aromatic rings. The largest absolute Gasteiger partial charge is 0.478 e. The normalized spacial score (nSPS) is 13.0. The second kappa shape index (κ2) is 5.59. The van der Waals surface area contributed by atoms with E-state index in [-0.39, 0.29) is 5.56 Å². The van der Waals surface area contributed by atoms with Gasteiger partial charge in [0.05, 0.1) is 22.5 Å². The number of hydrogen-bond donors (Lipinski definition) is 2. The van der Waals surface area contributed by atoms with Crippen LogP contribution in [0.3, 0.4) is 0 Å². The average molecular weight is 322 g/mol. The molecule has 0 radical (unpaired) electrons. The maximum atomic E-state index is 11.0. The zero-order valence-electron chi connectivity index (χ0n) is 12.2. The lowest BCUT2D eigenvalue weighted by atomic mass is 10.1. The molecule has 4 rings (SSSR count). The molecule has 5 heteroatoms. The maximum Gasteiger partial charge on any atom is 0.335 e. The third-order valence-corrected chi connectivity index (χ3v) is 4.94. The average Bonchev–Trinajstić information content (AvgIpc) is 3.03. The van der Waals surface area contributed by atoms with Crippen LogP contribution in [0.2, 0.25) is 0 Å². The molecule has 114 valence electrons. The maximum absolute atomic E-state index is 11.0. The zero-order chi connectivity index (χ0) is 15.8. The highest BCUT2D eigenvalue weighted by Crippen LogP contribution is 2.39. The number of carboxylic acids is 1. The summed E-state index contributed by atoms with van der Waals surface area (Å²) in [4.78, 5) is 15.7. The van der Waals surface area contributed by atoms with Crippen molar-refractivity contribution in [3.8, 4) is 0 Å². The molecule has 0 saturated carbocycles. The van der Waals surface area contributed by atoms with Crippen LogP contribution in [0.25, 0.3) is 10.9 Å². The topological polar surface area (TPSA) is 62.2 Å². The van der Waals surface area contributed by atoms with Crippen LogP contribution in [0.1, 0.15) is 21.6 Å². The lowest BCUT2D eigenvalue weighted by Crippen LogP contribution is -2.01. The number of carboxylic acid groups (broad SMARTS) is 1. The van der Waals surface area contributed by atoms with Gasteiger partial charge in [-0.2, -0.15) is 11.8 Å². The molecule has 2 aromatic carbocycles. The minimum Gasteiger partial charge on any atom is -0.478 e. The van der Waals surface area contributed by atoms with Crippen LogP contribution in [0, 0.1) is 0 Å². The number of nitrogens with one attached hydrogen (secondary N) is 1. The van der Waals surface area contributed by atoms with E-state index in [9.17, 15) is 4.79 Å². The quantitative estimate of drug-likeness (QED) is 0.747. The zero-order valence-corrected chi connectivity index (χ0v) is 13.1. The van der Waals surface area contributed by atoms with Gasteiger partial charge in [-0.15, -0.1) is 0 Å². The Labute approximate surface area is 137 Å². The van der Waals surface area contributed by atoms with Crippen molar-refractivity contribution in [2.75, 3.05) is 5.32 Å². The van der Waals surface area contributed by atoms with Gasteiger partial charge >= 0.3 is 5.97 Å². The van der Waals surface area contributed by atoms with E-state index in [0.29, 0.717) is 0 Å². The van der Waals surface area contributed by atoms with Crippen molar-refractivity contribution in [3.05, 3.63) is 65.4 Å². The first-order chi connectivity index (χ1) is 11.2. The first-order valence-corrected chi connectivity index (χ1v) is 8.46. The van der Waals surface area contributed by atoms with Crippen molar-refractivity contribution in [1.29, 1.82) is 0 Å². The van der Waals surface area contributed by atoms with Crippen molar-refractivity contribution < 1.29 is 9.90 Å². The van der Waals surface area contributed by atoms with Crippen LogP contribution in [0.15, 0.2) is 48.5 Å². The number of aromatic nitrogens is 1. The number of anilines is 2. The molecule has 23 heavy (non-hydrogen) atoms. The molecular formula is C18H14N2O2S. The van der Waals surface area contributed by atoms with Gasteiger partial charge in [-0.3, -0.25) is 4.98 Å². The number of carbonyl (C=O) groups is 1. The van der Waals surface area contributed by atoms with Gasteiger partial charge in [0.15, 0.2) is 0 Å². The van der Waals surface area contributed by atoms with Crippen LogP contribution in [0.4, 0.5) is 11.4 Å². The summed E-state index contributed by atoms with van der Waals surface area (Å²) in [5, 5.41) is 13.6. The highest BCUT2D eigenvalue weighted by Gasteiger charge is 2.20. The molecular weight excluding hydrogens is 308 g/mol. The number of aromatic carboxylic acids is 1. The van der Waals surface area contributed by atoms with Crippen LogP contribution >= 0.6 is 11.8 Å². The molecule has 0 bridgehead atoms. The van der Waals surface area contributed by atoms with E-state index in [2.05, 4.69) is 11.4 Å². The summed E-state index contributed by atoms with van der Waals surface area (Å²) < 4.78 is 0. The van der Waals surface area contributed by atoms with E-state index in [0.717, 1.165) is 39.5 Å². The summed E-state index contributed by atoms with van der Waals surface area (Å²) in [6, 6.07) is 14.9. The van der Waals surface area contributed by atoms with Gasteiger partial charge in [-0.1, -0.05) is 18.2 Å². The monoisotopic (exact) mass is 322 g/mol. The van der Waals surface area contributed by atoms with Crippen LogP contribution in [-0.4, -0.2) is 16.1 Å². The number of para-hydroxylation sites is 1. The fourth-order valence-electron chi connectivity index (χ4n) is 2.81. The predicted molar refractivity (Wildman–Crippen MR) is 93.4 cm³/mol. The van der Waals surface area contributed by atoms with Gasteiger partial charge in [-0.25, -0.2) is 4.79 Å². The van der Waals surface area contributed by atoms with E-state index in [1.807, 2.05) is 30.0 Å². The SMILES string of the molecule is O=C(O)c1ccc(Nc2c3c(nc4ccccc24)CSC3)cc1. The van der Waals surface area contributed by atoms with Gasteiger partial charge in [-0.05, 0) is 30.3 Å². The molecule has 2 heterocycles. The smallest absolute Gasteiger partial charge is 0.335 e. The van der Waals surface area contributed by atoms with Crippen molar-refractivity contribution in [3.63, 3.8) is 0 Å². The number of hydrogen-bond acceptors (Lipinski definition) is 4. The number of benzene rings is 2. The fraction of sp³-hybridized carbons (Fsp3) is 0.111. The summed E-state index contributed by atoms with van der Waals surface area (Å²) in [6.45, 7) is 0. The summed E-state index contributed by atoms with van der Waals surface area (Å²) in [5.41, 5.74) is 5.62. The Hall–Kier alpha value is -2.53. The Balaban J connectivity index is 1.80. The second-order valence-electron chi connectivity index (χ2n) is 5.43. The Morgan fingerprint density at radius 2 is 1.87 bits per heavy atom. The lowest BCUT2D eigenvalue weighted by Gasteiger charge is -2.14. The Bertz CT molecular complexity index is 907. The molecule has 0 atom stereocenters. The Morgan fingerprint density at radius 3 is 2.65 bits per heavy atom. The highest BCUT2D eigenvalue weighted by molar-refractivity contribution is 7.98. The molecule has 0 amide bonds. The summed E-state index contributed by atoms with van der Waals surface area (Å²) in [5.74, 6) is 0.971. The van der Waals surface area contributed by atoms with Crippen molar-refractivity contribution in [2.45, 2.75) is 11.5 Å². The first-order valence-electron chi connectivity index (χ1n) is 7.31. The van der Waals surface area contributed by atoms with Crippen LogP contribution in [-0.2, 0) is 11.5 Å². The summed E-state index contributed by atoms with van der Waals surface area (Å²) in [6.07, 6.45) is 0. The van der Waals surface area contributed by atoms with Crippen molar-refractivity contribution in [2.24, 2.45) is 0 Å². The Kier molecular flexibility index (Phi) is 3.42. The van der Waals surface area contributed by atoms with Gasteiger partial charge in [0.1, 0.15) is 0 Å². The van der Waals surface area contributed by atoms with E-state index < -0.39 is 5.97 Å². The van der Waals surface area contributed by atoms with Gasteiger partial charge < -0.3 is 10.4 Å². The van der Waals surface area contributed by atoms with E-state index in [1.165, 1.54) is 5.56 Å². The Morgan fingerprint density at radius 1 is 1.09 bits per heavy atom. The fourth-order valence-corrected chi connectivity index (χ4v) is 3.86. The molecule has 1 aromatic heterocycles. The first kappa shape index (κ1) is 14.1. The number of fused-ring (bicyclic) bond motifs is 2. The molecule has 0 unspecified atom stereocenters. The van der Waals surface area contributed by atoms with E-state index in [1.54, 1.807) is 24.3 Å². The minimum absolute atomic E-state index is 0.288. The second-order valence-corrected chi connectivity index (χ2v) is 6.42. The van der Waals surface area contributed by atoms with Crippen LogP contribution < -0.4 is 5.32 Å². The molecule has 0 saturated heterocycles. The molecule has 0 aliphatic carbocycles. The van der Waals surface area contributed by atoms with Crippen molar-refractivity contribution in [1.82, 2.24) is 4.98 Å². The number of pyridine rings is 1. The van der Waals surface area contributed by atoms with E-state index in [4.69, 9.17) is 10.1 Å². The van der Waals surface area contributed by atoms with Gasteiger partial charge in [0.2, 0.25) is 0 Å². The van der Waals surface area contributed by atoms with Crippen molar-refractivity contribution >= 4 is 40.0 Å². The third kappa shape index (κ3) is 2.53. The molecule has 2 N–H and O–H groups in total. The molecule has 1 aliphatic rings. The highest BCUT2D eigenvalue weighted by atomic mass is 32.2. The lowest BCUT2D eigenvalue weighted by molar-refractivity contribution is 0.0697. The summed E-state index contributed by atoms with van der Waals surface area (Å²) >= 11 is 1.86. The molecule has 0 fully saturated rings. The molecule has 0 spiro atoms. The van der Waals surface area contributed by atoms with Gasteiger partial charge in [0, 0.05) is 28.1 Å². The van der Waals surface area contributed by atoms with E-state index >= 15 is 0 Å². The predicted octanol–water partition coefficient (Wildman–Crippen LogP) is 4.42. The number of nitrogens with zero attached hydrogens (tertiary/aromatic N) is 1. The van der Waals surface area contributed by atoms with Gasteiger partial charge in [0.25, 0.3) is 0 Å². The third-order valence-electron chi connectivity index (χ3n) is 3.97. The summed E-state index contributed by atoms with van der Waals surface area (Å²) in [7, 11) is 0.